The predicted octanol–water partition coefficient (Wildman–Crippen LogP) is 4.40. The van der Waals surface area contributed by atoms with E-state index in [9.17, 15) is 0 Å². The van der Waals surface area contributed by atoms with Gasteiger partial charge in [0.1, 0.15) is 6.61 Å². The Labute approximate surface area is 127 Å². The molecule has 106 valence electrons. The molecule has 4 heteroatoms. The van der Waals surface area contributed by atoms with E-state index in [-0.39, 0.29) is 0 Å². The van der Waals surface area contributed by atoms with Gasteiger partial charge in [-0.1, -0.05) is 41.1 Å². The molecule has 0 aliphatic heterocycles. The second-order valence-electron chi connectivity index (χ2n) is 4.43. The maximum Gasteiger partial charge on any atom is 0.161 e. The molecule has 2 rings (SSSR count). The zero-order valence-electron chi connectivity index (χ0n) is 11.4. The summed E-state index contributed by atoms with van der Waals surface area (Å²) < 4.78 is 12.5. The molecule has 2 aromatic rings. The highest BCUT2D eigenvalue weighted by Crippen LogP contribution is 2.28. The molecular formula is C16H18BrNO2. The van der Waals surface area contributed by atoms with Gasteiger partial charge >= 0.3 is 0 Å². The summed E-state index contributed by atoms with van der Waals surface area (Å²) in [6, 6.07) is 13.4. The molecular weight excluding hydrogens is 318 g/mol. The molecule has 0 bridgehead atoms. The quantitative estimate of drug-likeness (QED) is 0.795. The normalized spacial score (nSPS) is 10.3. The van der Waals surface area contributed by atoms with Crippen LogP contribution >= 0.6 is 15.9 Å². The largest absolute Gasteiger partial charge is 0.490 e. The molecule has 0 aromatic heterocycles. The summed E-state index contributed by atoms with van der Waals surface area (Å²) in [5.74, 6) is 1.53. The molecule has 0 aliphatic rings. The van der Waals surface area contributed by atoms with Gasteiger partial charge in [0.15, 0.2) is 11.5 Å². The van der Waals surface area contributed by atoms with Crippen molar-refractivity contribution in [2.45, 2.75) is 20.0 Å². The fourth-order valence-electron chi connectivity index (χ4n) is 1.74. The molecule has 3 nitrogen and oxygen atoms in total. The first-order valence-electron chi connectivity index (χ1n) is 6.59. The van der Waals surface area contributed by atoms with E-state index in [1.807, 2.05) is 42.5 Å². The van der Waals surface area contributed by atoms with Crippen LogP contribution in [-0.4, -0.2) is 6.61 Å². The lowest BCUT2D eigenvalue weighted by molar-refractivity contribution is 0.261. The lowest BCUT2D eigenvalue weighted by Gasteiger charge is -2.13. The van der Waals surface area contributed by atoms with Crippen molar-refractivity contribution in [1.29, 1.82) is 0 Å². The third-order valence-electron chi connectivity index (χ3n) is 2.77. The molecule has 20 heavy (non-hydrogen) atoms. The second-order valence-corrected chi connectivity index (χ2v) is 5.29. The number of benzene rings is 2. The van der Waals surface area contributed by atoms with Crippen LogP contribution < -0.4 is 15.2 Å². The molecule has 0 atom stereocenters. The first-order chi connectivity index (χ1) is 9.70. The van der Waals surface area contributed by atoms with Gasteiger partial charge < -0.3 is 15.2 Å². The lowest BCUT2D eigenvalue weighted by atomic mass is 10.2. The van der Waals surface area contributed by atoms with E-state index in [1.165, 1.54) is 0 Å². The van der Waals surface area contributed by atoms with Gasteiger partial charge in [-0.15, -0.1) is 0 Å². The molecule has 0 aliphatic carbocycles. The van der Waals surface area contributed by atoms with Gasteiger partial charge in [-0.2, -0.15) is 0 Å². The van der Waals surface area contributed by atoms with Crippen molar-refractivity contribution in [2.75, 3.05) is 12.3 Å². The molecule has 0 unspecified atom stereocenters. The molecule has 2 aromatic carbocycles. The number of rotatable bonds is 6. The zero-order valence-corrected chi connectivity index (χ0v) is 13.0. The Morgan fingerprint density at radius 1 is 1.05 bits per heavy atom. The number of hydrogen-bond acceptors (Lipinski definition) is 3. The highest BCUT2D eigenvalue weighted by molar-refractivity contribution is 9.10. The number of hydrogen-bond donors (Lipinski definition) is 1. The van der Waals surface area contributed by atoms with Crippen molar-refractivity contribution in [3.8, 4) is 11.5 Å². The van der Waals surface area contributed by atoms with E-state index in [0.717, 1.165) is 33.6 Å². The maximum absolute atomic E-state index is 5.85. The van der Waals surface area contributed by atoms with Crippen molar-refractivity contribution in [1.82, 2.24) is 0 Å². The standard InChI is InChI=1S/C16H18BrNO2/c1-2-9-19-15-5-3-4-6-16(15)20-11-12-7-8-13(18)10-14(12)17/h3-8,10H,2,9,11,18H2,1H3. The van der Waals surface area contributed by atoms with Crippen molar-refractivity contribution in [2.24, 2.45) is 0 Å². The van der Waals surface area contributed by atoms with E-state index in [0.29, 0.717) is 13.2 Å². The van der Waals surface area contributed by atoms with Crippen LogP contribution in [0.25, 0.3) is 0 Å². The van der Waals surface area contributed by atoms with Gasteiger partial charge in [0, 0.05) is 15.7 Å². The first-order valence-corrected chi connectivity index (χ1v) is 7.38. The molecule has 0 saturated heterocycles. The topological polar surface area (TPSA) is 44.5 Å². The molecule has 0 spiro atoms. The summed E-state index contributed by atoms with van der Waals surface area (Å²) in [5.41, 5.74) is 7.50. The van der Waals surface area contributed by atoms with Crippen LogP contribution in [0, 0.1) is 0 Å². The van der Waals surface area contributed by atoms with Crippen molar-refractivity contribution in [3.63, 3.8) is 0 Å². The summed E-state index contributed by atoms with van der Waals surface area (Å²) in [6.07, 6.45) is 0.970. The highest BCUT2D eigenvalue weighted by atomic mass is 79.9. The van der Waals surface area contributed by atoms with Crippen LogP contribution in [0.2, 0.25) is 0 Å². The summed E-state index contributed by atoms with van der Waals surface area (Å²) in [5, 5.41) is 0. The van der Waals surface area contributed by atoms with Gasteiger partial charge in [0.25, 0.3) is 0 Å². The van der Waals surface area contributed by atoms with Crippen LogP contribution in [-0.2, 0) is 6.61 Å². The van der Waals surface area contributed by atoms with Crippen LogP contribution in [0.5, 0.6) is 11.5 Å². The zero-order chi connectivity index (χ0) is 14.4. The van der Waals surface area contributed by atoms with Gasteiger partial charge in [0.2, 0.25) is 0 Å². The number of nitrogen functional groups attached to an aromatic ring is 1. The average molecular weight is 336 g/mol. The minimum atomic E-state index is 0.466. The molecule has 0 saturated carbocycles. The molecule has 0 amide bonds. The summed E-state index contributed by atoms with van der Waals surface area (Å²) >= 11 is 3.49. The van der Waals surface area contributed by atoms with E-state index < -0.39 is 0 Å². The van der Waals surface area contributed by atoms with Gasteiger partial charge in [0.05, 0.1) is 6.61 Å². The van der Waals surface area contributed by atoms with Gasteiger partial charge in [-0.3, -0.25) is 0 Å². The van der Waals surface area contributed by atoms with Crippen LogP contribution in [0.1, 0.15) is 18.9 Å². The van der Waals surface area contributed by atoms with Crippen molar-refractivity contribution >= 4 is 21.6 Å². The van der Waals surface area contributed by atoms with E-state index in [1.54, 1.807) is 0 Å². The lowest BCUT2D eigenvalue weighted by Crippen LogP contribution is -2.01. The summed E-state index contributed by atoms with van der Waals surface area (Å²) in [7, 11) is 0. The summed E-state index contributed by atoms with van der Waals surface area (Å²) in [6.45, 7) is 3.23. The monoisotopic (exact) mass is 335 g/mol. The molecule has 0 radical (unpaired) electrons. The second kappa shape index (κ2) is 7.20. The minimum absolute atomic E-state index is 0.466. The van der Waals surface area contributed by atoms with Crippen LogP contribution in [0.4, 0.5) is 5.69 Å². The molecule has 2 N–H and O–H groups in total. The third-order valence-corrected chi connectivity index (χ3v) is 3.51. The average Bonchev–Trinajstić information content (AvgIpc) is 2.45. The van der Waals surface area contributed by atoms with Gasteiger partial charge in [-0.25, -0.2) is 0 Å². The Morgan fingerprint density at radius 2 is 1.75 bits per heavy atom. The Bertz CT molecular complexity index is 572. The molecule has 0 fully saturated rings. The fraction of sp³-hybridized carbons (Fsp3) is 0.250. The van der Waals surface area contributed by atoms with E-state index in [4.69, 9.17) is 15.2 Å². The van der Waals surface area contributed by atoms with E-state index in [2.05, 4.69) is 22.9 Å². The third kappa shape index (κ3) is 3.90. The number of ether oxygens (including phenoxy) is 2. The predicted molar refractivity (Wildman–Crippen MR) is 85.1 cm³/mol. The maximum atomic E-state index is 5.85. The van der Waals surface area contributed by atoms with Crippen molar-refractivity contribution in [3.05, 3.63) is 52.5 Å². The Hall–Kier alpha value is -1.68. The van der Waals surface area contributed by atoms with Crippen LogP contribution in [0.15, 0.2) is 46.9 Å². The number of nitrogens with two attached hydrogens (primary N) is 1. The van der Waals surface area contributed by atoms with Crippen molar-refractivity contribution < 1.29 is 9.47 Å². The Morgan fingerprint density at radius 3 is 2.40 bits per heavy atom. The SMILES string of the molecule is CCCOc1ccccc1OCc1ccc(N)cc1Br. The van der Waals surface area contributed by atoms with E-state index >= 15 is 0 Å². The molecule has 0 heterocycles. The first kappa shape index (κ1) is 14.7. The fourth-order valence-corrected chi connectivity index (χ4v) is 2.25. The number of halogens is 1. The highest BCUT2D eigenvalue weighted by Gasteiger charge is 2.06. The Balaban J connectivity index is 2.06. The number of para-hydroxylation sites is 2. The number of anilines is 1. The minimum Gasteiger partial charge on any atom is -0.490 e. The van der Waals surface area contributed by atoms with Gasteiger partial charge in [-0.05, 0) is 30.7 Å². The van der Waals surface area contributed by atoms with Crippen LogP contribution in [0.3, 0.4) is 0 Å². The smallest absolute Gasteiger partial charge is 0.161 e. The summed E-state index contributed by atoms with van der Waals surface area (Å²) in [4.78, 5) is 0. The Kier molecular flexibility index (Phi) is 5.30.